The number of carbonyl (C=O) groups is 1. The highest BCUT2D eigenvalue weighted by Gasteiger charge is 2.06. The predicted molar refractivity (Wildman–Crippen MR) is 84.9 cm³/mol. The van der Waals surface area contributed by atoms with Crippen molar-refractivity contribution in [2.75, 3.05) is 11.1 Å². The van der Waals surface area contributed by atoms with Crippen LogP contribution >= 0.6 is 34.4 Å². The van der Waals surface area contributed by atoms with Gasteiger partial charge in [-0.05, 0) is 59.0 Å². The molecule has 0 fully saturated rings. The Morgan fingerprint density at radius 1 is 1.16 bits per heavy atom. The molecule has 0 saturated heterocycles. The van der Waals surface area contributed by atoms with Crippen molar-refractivity contribution in [1.29, 1.82) is 0 Å². The second-order valence-corrected chi connectivity index (χ2v) is 6.04. The van der Waals surface area contributed by atoms with Crippen molar-refractivity contribution in [3.63, 3.8) is 0 Å². The number of carbonyl (C=O) groups excluding carboxylic acids is 1. The van der Waals surface area contributed by atoms with E-state index in [4.69, 9.17) is 0 Å². The molecular weight excluding hydrogens is 376 g/mol. The van der Waals surface area contributed by atoms with Crippen molar-refractivity contribution in [2.45, 2.75) is 4.90 Å². The largest absolute Gasteiger partial charge is 0.325 e. The lowest BCUT2D eigenvalue weighted by atomic mass is 10.3. The van der Waals surface area contributed by atoms with E-state index in [-0.39, 0.29) is 17.5 Å². The van der Waals surface area contributed by atoms with Crippen LogP contribution in [0.3, 0.4) is 0 Å². The fourth-order valence-corrected chi connectivity index (χ4v) is 2.53. The lowest BCUT2D eigenvalue weighted by Gasteiger charge is -2.05. The number of nitrogens with one attached hydrogen (secondary N) is 1. The Labute approximate surface area is 128 Å². The molecule has 0 aliphatic carbocycles. The third kappa shape index (κ3) is 4.50. The van der Waals surface area contributed by atoms with Gasteiger partial charge in [0, 0.05) is 14.2 Å². The Bertz CT molecular complexity index is 574. The molecule has 1 N–H and O–H groups in total. The predicted octanol–water partition coefficient (Wildman–Crippen LogP) is 4.16. The molecule has 2 nitrogen and oxygen atoms in total. The van der Waals surface area contributed by atoms with Gasteiger partial charge in [-0.15, -0.1) is 11.8 Å². The summed E-state index contributed by atoms with van der Waals surface area (Å²) in [7, 11) is 0. The zero-order valence-electron chi connectivity index (χ0n) is 9.90. The van der Waals surface area contributed by atoms with Crippen LogP contribution in [0.15, 0.2) is 53.4 Å². The molecule has 0 radical (unpaired) electrons. The average molecular weight is 387 g/mol. The van der Waals surface area contributed by atoms with Crippen LogP contribution in [0.4, 0.5) is 10.1 Å². The molecule has 0 saturated carbocycles. The number of thioether (sulfide) groups is 1. The molecule has 2 aromatic carbocycles. The van der Waals surface area contributed by atoms with Gasteiger partial charge in [-0.1, -0.05) is 12.1 Å². The van der Waals surface area contributed by atoms with Crippen LogP contribution in [-0.2, 0) is 4.79 Å². The van der Waals surface area contributed by atoms with Crippen LogP contribution in [0.5, 0.6) is 0 Å². The highest BCUT2D eigenvalue weighted by Crippen LogP contribution is 2.21. The summed E-state index contributed by atoms with van der Waals surface area (Å²) in [6.45, 7) is 0. The van der Waals surface area contributed by atoms with Gasteiger partial charge in [0.1, 0.15) is 5.82 Å². The van der Waals surface area contributed by atoms with Crippen molar-refractivity contribution in [2.24, 2.45) is 0 Å². The molecule has 1 amide bonds. The maximum absolute atomic E-state index is 13.4. The van der Waals surface area contributed by atoms with Gasteiger partial charge >= 0.3 is 0 Å². The number of amides is 1. The van der Waals surface area contributed by atoms with Crippen molar-refractivity contribution in [3.05, 3.63) is 57.9 Å². The van der Waals surface area contributed by atoms with Crippen LogP contribution in [0.2, 0.25) is 0 Å². The molecule has 2 aromatic rings. The van der Waals surface area contributed by atoms with Crippen molar-refractivity contribution in [3.8, 4) is 0 Å². The highest BCUT2D eigenvalue weighted by atomic mass is 127. The van der Waals surface area contributed by atoms with Crippen LogP contribution in [0.1, 0.15) is 0 Å². The first-order valence-electron chi connectivity index (χ1n) is 5.58. The minimum atomic E-state index is -0.297. The summed E-state index contributed by atoms with van der Waals surface area (Å²) in [5, 5.41) is 2.77. The summed E-state index contributed by atoms with van der Waals surface area (Å²) in [5.41, 5.74) is 0.750. The van der Waals surface area contributed by atoms with E-state index >= 15 is 0 Å². The fraction of sp³-hybridized carbons (Fsp3) is 0.0714. The van der Waals surface area contributed by atoms with E-state index in [9.17, 15) is 9.18 Å². The fourth-order valence-electron chi connectivity index (χ4n) is 1.44. The minimum Gasteiger partial charge on any atom is -0.325 e. The molecule has 0 bridgehead atoms. The normalized spacial score (nSPS) is 10.2. The van der Waals surface area contributed by atoms with Gasteiger partial charge in [-0.3, -0.25) is 4.79 Å². The van der Waals surface area contributed by atoms with E-state index < -0.39 is 0 Å². The lowest BCUT2D eigenvalue weighted by molar-refractivity contribution is -0.113. The molecule has 0 atom stereocenters. The van der Waals surface area contributed by atoms with Crippen molar-refractivity contribution >= 4 is 45.9 Å². The second-order valence-electron chi connectivity index (χ2n) is 3.77. The molecule has 98 valence electrons. The Morgan fingerprint density at radius 2 is 1.84 bits per heavy atom. The molecule has 0 aliphatic rings. The van der Waals surface area contributed by atoms with Gasteiger partial charge in [-0.2, -0.15) is 0 Å². The molecule has 2 rings (SSSR count). The van der Waals surface area contributed by atoms with Crippen molar-refractivity contribution < 1.29 is 9.18 Å². The summed E-state index contributed by atoms with van der Waals surface area (Å²) in [4.78, 5) is 12.2. The minimum absolute atomic E-state index is 0.144. The van der Waals surface area contributed by atoms with E-state index in [1.165, 1.54) is 17.8 Å². The summed E-state index contributed by atoms with van der Waals surface area (Å²) < 4.78 is 14.5. The van der Waals surface area contributed by atoms with E-state index in [1.54, 1.807) is 18.2 Å². The Balaban J connectivity index is 1.88. The summed E-state index contributed by atoms with van der Waals surface area (Å²) in [6.07, 6.45) is 0. The number of halogens is 2. The molecule has 0 heterocycles. The zero-order chi connectivity index (χ0) is 13.7. The topological polar surface area (TPSA) is 29.1 Å². The molecule has 0 aromatic heterocycles. The van der Waals surface area contributed by atoms with Crippen LogP contribution in [-0.4, -0.2) is 11.7 Å². The van der Waals surface area contributed by atoms with E-state index in [2.05, 4.69) is 27.9 Å². The van der Waals surface area contributed by atoms with Crippen molar-refractivity contribution in [1.82, 2.24) is 0 Å². The van der Waals surface area contributed by atoms with Gasteiger partial charge < -0.3 is 5.32 Å². The maximum atomic E-state index is 13.4. The molecule has 0 spiro atoms. The SMILES string of the molecule is O=C(CSc1ccccc1F)Nc1ccc(I)cc1. The molecule has 19 heavy (non-hydrogen) atoms. The molecular formula is C14H11FINOS. The lowest BCUT2D eigenvalue weighted by Crippen LogP contribution is -2.14. The first-order valence-corrected chi connectivity index (χ1v) is 7.64. The molecule has 0 aliphatic heterocycles. The summed E-state index contributed by atoms with van der Waals surface area (Å²) >= 11 is 3.39. The van der Waals surface area contributed by atoms with Gasteiger partial charge in [-0.25, -0.2) is 4.39 Å². The third-order valence-corrected chi connectivity index (χ3v) is 4.09. The van der Waals surface area contributed by atoms with Crippen LogP contribution < -0.4 is 5.32 Å². The number of rotatable bonds is 4. The summed E-state index contributed by atoms with van der Waals surface area (Å²) in [6, 6.07) is 14.0. The van der Waals surface area contributed by atoms with Crippen LogP contribution in [0, 0.1) is 9.39 Å². The highest BCUT2D eigenvalue weighted by molar-refractivity contribution is 14.1. The molecule has 0 unspecified atom stereocenters. The monoisotopic (exact) mass is 387 g/mol. The first kappa shape index (κ1) is 14.3. The van der Waals surface area contributed by atoms with E-state index in [1.807, 2.05) is 24.3 Å². The van der Waals surface area contributed by atoms with Gasteiger partial charge in [0.2, 0.25) is 5.91 Å². The zero-order valence-corrected chi connectivity index (χ0v) is 12.9. The first-order chi connectivity index (χ1) is 9.15. The molecule has 5 heteroatoms. The number of benzene rings is 2. The third-order valence-electron chi connectivity index (χ3n) is 2.32. The van der Waals surface area contributed by atoms with Gasteiger partial charge in [0.15, 0.2) is 0 Å². The van der Waals surface area contributed by atoms with E-state index in [0.717, 1.165) is 9.26 Å². The Kier molecular flexibility index (Phi) is 5.21. The average Bonchev–Trinajstić information content (AvgIpc) is 2.40. The van der Waals surface area contributed by atoms with Gasteiger partial charge in [0.25, 0.3) is 0 Å². The smallest absolute Gasteiger partial charge is 0.234 e. The van der Waals surface area contributed by atoms with Crippen LogP contribution in [0.25, 0.3) is 0 Å². The summed E-state index contributed by atoms with van der Waals surface area (Å²) in [5.74, 6) is -0.253. The Morgan fingerprint density at radius 3 is 2.53 bits per heavy atom. The quantitative estimate of drug-likeness (QED) is 0.631. The second kappa shape index (κ2) is 6.91. The van der Waals surface area contributed by atoms with Gasteiger partial charge in [0.05, 0.1) is 5.75 Å². The number of hydrogen-bond donors (Lipinski definition) is 1. The number of anilines is 1. The standard InChI is InChI=1S/C14H11FINOS/c15-12-3-1-2-4-13(12)19-9-14(18)17-11-7-5-10(16)6-8-11/h1-8H,9H2,(H,17,18). The Hall–Kier alpha value is -1.08. The number of hydrogen-bond acceptors (Lipinski definition) is 2. The van der Waals surface area contributed by atoms with E-state index in [0.29, 0.717) is 4.90 Å². The maximum Gasteiger partial charge on any atom is 0.234 e.